The summed E-state index contributed by atoms with van der Waals surface area (Å²) >= 11 is 0. The lowest BCUT2D eigenvalue weighted by Crippen LogP contribution is -1.99. The summed E-state index contributed by atoms with van der Waals surface area (Å²) in [5.74, 6) is 4.90. The Balaban J connectivity index is 2.19. The van der Waals surface area contributed by atoms with E-state index in [0.29, 0.717) is 13.0 Å². The van der Waals surface area contributed by atoms with Crippen molar-refractivity contribution in [2.45, 2.75) is 13.3 Å². The molecule has 2 heteroatoms. The maximum absolute atomic E-state index is 11.2. The van der Waals surface area contributed by atoms with Gasteiger partial charge in [0.1, 0.15) is 0 Å². The first-order chi connectivity index (χ1) is 9.81. The van der Waals surface area contributed by atoms with Gasteiger partial charge in [-0.1, -0.05) is 60.5 Å². The van der Waals surface area contributed by atoms with Crippen molar-refractivity contribution in [3.63, 3.8) is 0 Å². The largest absolute Gasteiger partial charge is 0.456 e. The van der Waals surface area contributed by atoms with Crippen molar-refractivity contribution in [2.75, 3.05) is 6.61 Å². The van der Waals surface area contributed by atoms with Crippen molar-refractivity contribution in [2.24, 2.45) is 0 Å². The Kier molecular flexibility index (Phi) is 4.97. The molecule has 2 nitrogen and oxygen atoms in total. The number of hydrogen-bond donors (Lipinski definition) is 0. The summed E-state index contributed by atoms with van der Waals surface area (Å²) in [6, 6.07) is 18.2. The zero-order chi connectivity index (χ0) is 14.2. The molecule has 0 aliphatic carbocycles. The minimum atomic E-state index is -0.468. The average Bonchev–Trinajstić information content (AvgIpc) is 2.49. The molecule has 0 saturated carbocycles. The molecule has 0 spiro atoms. The first-order valence-corrected chi connectivity index (χ1v) is 6.60. The molecule has 0 aliphatic heterocycles. The van der Waals surface area contributed by atoms with Crippen molar-refractivity contribution in [1.29, 1.82) is 0 Å². The van der Waals surface area contributed by atoms with Crippen LogP contribution in [0, 0.1) is 11.8 Å². The fourth-order valence-corrected chi connectivity index (χ4v) is 1.95. The van der Waals surface area contributed by atoms with Crippen LogP contribution in [0.4, 0.5) is 0 Å². The average molecular weight is 264 g/mol. The summed E-state index contributed by atoms with van der Waals surface area (Å²) in [6.07, 6.45) is 0.532. The number of benzene rings is 2. The Hall–Kier alpha value is -2.53. The Morgan fingerprint density at radius 1 is 1.05 bits per heavy atom. The fraction of sp³-hybridized carbons (Fsp3) is 0.167. The first kappa shape index (κ1) is 13.9. The van der Waals surface area contributed by atoms with Crippen molar-refractivity contribution in [3.05, 3.63) is 60.2 Å². The standard InChI is InChI=1S/C18H16O2/c1-2-20-18(19)14-8-12-16-11-6-7-13-17(16)15-9-4-3-5-10-15/h3-7,9-11,13H,2,12H2,1H3. The molecular formula is C18H16O2. The third-order valence-corrected chi connectivity index (χ3v) is 2.85. The van der Waals surface area contributed by atoms with Crippen LogP contribution in [0.5, 0.6) is 0 Å². The third-order valence-electron chi connectivity index (χ3n) is 2.85. The maximum atomic E-state index is 11.2. The Morgan fingerprint density at radius 3 is 2.50 bits per heavy atom. The number of hydrogen-bond acceptors (Lipinski definition) is 2. The molecule has 0 saturated heterocycles. The molecule has 100 valence electrons. The topological polar surface area (TPSA) is 26.3 Å². The molecule has 0 aromatic heterocycles. The highest BCUT2D eigenvalue weighted by atomic mass is 16.5. The lowest BCUT2D eigenvalue weighted by Gasteiger charge is -2.06. The second-order valence-corrected chi connectivity index (χ2v) is 4.22. The van der Waals surface area contributed by atoms with Crippen molar-refractivity contribution < 1.29 is 9.53 Å². The van der Waals surface area contributed by atoms with Crippen LogP contribution in [0.1, 0.15) is 12.5 Å². The Bertz CT molecular complexity index is 633. The van der Waals surface area contributed by atoms with Crippen LogP contribution >= 0.6 is 0 Å². The van der Waals surface area contributed by atoms with E-state index in [2.05, 4.69) is 30.0 Å². The number of carbonyl (C=O) groups is 1. The number of rotatable bonds is 3. The van der Waals surface area contributed by atoms with E-state index in [1.165, 1.54) is 0 Å². The zero-order valence-electron chi connectivity index (χ0n) is 11.4. The Morgan fingerprint density at radius 2 is 1.75 bits per heavy atom. The summed E-state index contributed by atoms with van der Waals surface area (Å²) in [6.45, 7) is 2.12. The monoisotopic (exact) mass is 264 g/mol. The smallest absolute Gasteiger partial charge is 0.384 e. The van der Waals surface area contributed by atoms with Crippen LogP contribution in [0.15, 0.2) is 54.6 Å². The molecule has 0 bridgehead atoms. The van der Waals surface area contributed by atoms with Crippen LogP contribution < -0.4 is 0 Å². The van der Waals surface area contributed by atoms with E-state index < -0.39 is 5.97 Å². The predicted octanol–water partition coefficient (Wildman–Crippen LogP) is 3.46. The third kappa shape index (κ3) is 3.73. The van der Waals surface area contributed by atoms with E-state index in [-0.39, 0.29) is 0 Å². The van der Waals surface area contributed by atoms with E-state index in [0.717, 1.165) is 16.7 Å². The fourth-order valence-electron chi connectivity index (χ4n) is 1.95. The summed E-state index contributed by atoms with van der Waals surface area (Å²) in [7, 11) is 0. The summed E-state index contributed by atoms with van der Waals surface area (Å²) in [5, 5.41) is 0. The normalized spacial score (nSPS) is 9.45. The number of carbonyl (C=O) groups excluding carboxylic acids is 1. The quantitative estimate of drug-likeness (QED) is 0.482. The van der Waals surface area contributed by atoms with Crippen LogP contribution in [-0.2, 0) is 16.0 Å². The highest BCUT2D eigenvalue weighted by Crippen LogP contribution is 2.23. The predicted molar refractivity (Wildman–Crippen MR) is 80.0 cm³/mol. The van der Waals surface area contributed by atoms with Crippen LogP contribution in [-0.4, -0.2) is 12.6 Å². The van der Waals surface area contributed by atoms with Gasteiger partial charge in [-0.15, -0.1) is 0 Å². The molecule has 0 unspecified atom stereocenters. The lowest BCUT2D eigenvalue weighted by atomic mass is 9.98. The summed E-state index contributed by atoms with van der Waals surface area (Å²) < 4.78 is 4.78. The summed E-state index contributed by atoms with van der Waals surface area (Å²) in [4.78, 5) is 11.2. The molecule has 2 rings (SSSR count). The minimum absolute atomic E-state index is 0.355. The van der Waals surface area contributed by atoms with Gasteiger partial charge < -0.3 is 4.74 Å². The molecule has 0 aliphatic rings. The molecule has 0 N–H and O–H groups in total. The molecule has 0 amide bonds. The van der Waals surface area contributed by atoms with Gasteiger partial charge >= 0.3 is 5.97 Å². The SMILES string of the molecule is CCOC(=O)C#CCc1ccccc1-c1ccccc1. The van der Waals surface area contributed by atoms with E-state index in [1.807, 2.05) is 36.4 Å². The Labute approximate surface area is 119 Å². The second kappa shape index (κ2) is 7.16. The van der Waals surface area contributed by atoms with Crippen LogP contribution in [0.2, 0.25) is 0 Å². The van der Waals surface area contributed by atoms with Gasteiger partial charge in [-0.25, -0.2) is 4.79 Å². The highest BCUT2D eigenvalue weighted by Gasteiger charge is 2.02. The van der Waals surface area contributed by atoms with E-state index >= 15 is 0 Å². The van der Waals surface area contributed by atoms with E-state index in [9.17, 15) is 4.79 Å². The van der Waals surface area contributed by atoms with Gasteiger partial charge in [0.2, 0.25) is 0 Å². The molecule has 20 heavy (non-hydrogen) atoms. The van der Waals surface area contributed by atoms with Gasteiger partial charge in [-0.2, -0.15) is 0 Å². The molecule has 2 aromatic carbocycles. The van der Waals surface area contributed by atoms with Gasteiger partial charge in [0.25, 0.3) is 0 Å². The van der Waals surface area contributed by atoms with Gasteiger partial charge in [0, 0.05) is 12.3 Å². The zero-order valence-corrected chi connectivity index (χ0v) is 11.4. The summed E-state index contributed by atoms with van der Waals surface area (Å²) in [5.41, 5.74) is 3.41. The lowest BCUT2D eigenvalue weighted by molar-refractivity contribution is -0.136. The first-order valence-electron chi connectivity index (χ1n) is 6.60. The van der Waals surface area contributed by atoms with Gasteiger partial charge in [0.15, 0.2) is 0 Å². The number of ether oxygens (including phenoxy) is 1. The van der Waals surface area contributed by atoms with Crippen molar-refractivity contribution >= 4 is 5.97 Å². The van der Waals surface area contributed by atoms with Crippen LogP contribution in [0.3, 0.4) is 0 Å². The van der Waals surface area contributed by atoms with Crippen LogP contribution in [0.25, 0.3) is 11.1 Å². The van der Waals surface area contributed by atoms with Gasteiger partial charge in [0.05, 0.1) is 6.61 Å². The van der Waals surface area contributed by atoms with Crippen molar-refractivity contribution in [1.82, 2.24) is 0 Å². The maximum Gasteiger partial charge on any atom is 0.384 e. The molecule has 2 aromatic rings. The molecule has 0 radical (unpaired) electrons. The van der Waals surface area contributed by atoms with E-state index in [4.69, 9.17) is 4.74 Å². The second-order valence-electron chi connectivity index (χ2n) is 4.22. The van der Waals surface area contributed by atoms with Gasteiger partial charge in [-0.05, 0) is 23.6 Å². The minimum Gasteiger partial charge on any atom is -0.456 e. The molecular weight excluding hydrogens is 248 g/mol. The number of esters is 1. The van der Waals surface area contributed by atoms with Gasteiger partial charge in [-0.3, -0.25) is 0 Å². The highest BCUT2D eigenvalue weighted by molar-refractivity contribution is 5.88. The van der Waals surface area contributed by atoms with Crippen molar-refractivity contribution in [3.8, 4) is 23.0 Å². The molecule has 0 atom stereocenters. The molecule has 0 heterocycles. The molecule has 0 fully saturated rings. The van der Waals surface area contributed by atoms with E-state index in [1.54, 1.807) is 6.92 Å².